The number of carbonyl (C=O) groups excluding carboxylic acids is 1. The lowest BCUT2D eigenvalue weighted by molar-refractivity contribution is 0.0657. The van der Waals surface area contributed by atoms with Crippen LogP contribution in [0.15, 0.2) is 74.5 Å². The standard InChI is InChI=1S/C28H28Br2FN3O3S/c1-19-15-22-23(25(30)9-8-24(22)29)18-34(19)28(35)21-7-10-26(31)27(16-21)38(36,37)33-13-11-32(12-14-33)17-20-5-3-2-4-6-20/h2-10,16,19H,11-15,17-18H2,1H3. The molecule has 1 amide bonds. The van der Waals surface area contributed by atoms with E-state index < -0.39 is 20.7 Å². The van der Waals surface area contributed by atoms with Gasteiger partial charge in [0.05, 0.1) is 0 Å². The minimum atomic E-state index is -4.10. The third-order valence-electron chi connectivity index (χ3n) is 7.31. The molecule has 5 rings (SSSR count). The average molecular weight is 665 g/mol. The number of rotatable bonds is 5. The van der Waals surface area contributed by atoms with E-state index in [0.29, 0.717) is 26.1 Å². The smallest absolute Gasteiger partial charge is 0.254 e. The highest BCUT2D eigenvalue weighted by Crippen LogP contribution is 2.35. The summed E-state index contributed by atoms with van der Waals surface area (Å²) in [7, 11) is -4.10. The summed E-state index contributed by atoms with van der Waals surface area (Å²) < 4.78 is 45.1. The quantitative estimate of drug-likeness (QED) is 0.364. The highest BCUT2D eigenvalue weighted by atomic mass is 79.9. The second-order valence-corrected chi connectivity index (χ2v) is 13.4. The molecule has 2 aliphatic heterocycles. The van der Waals surface area contributed by atoms with Crippen LogP contribution in [0.1, 0.15) is 34.0 Å². The van der Waals surface area contributed by atoms with Crippen molar-refractivity contribution in [2.24, 2.45) is 0 Å². The molecule has 0 aliphatic carbocycles. The van der Waals surface area contributed by atoms with Gasteiger partial charge in [-0.05, 0) is 60.4 Å². The summed E-state index contributed by atoms with van der Waals surface area (Å²) in [5.41, 5.74) is 3.47. The summed E-state index contributed by atoms with van der Waals surface area (Å²) in [6, 6.07) is 17.5. The third-order valence-corrected chi connectivity index (χ3v) is 10.7. The van der Waals surface area contributed by atoms with Crippen LogP contribution in [-0.4, -0.2) is 60.7 Å². The zero-order valence-corrected chi connectivity index (χ0v) is 24.9. The Bertz CT molecular complexity index is 1460. The van der Waals surface area contributed by atoms with Crippen molar-refractivity contribution in [2.45, 2.75) is 37.4 Å². The Morgan fingerprint density at radius 2 is 1.61 bits per heavy atom. The van der Waals surface area contributed by atoms with Crippen molar-refractivity contribution in [3.63, 3.8) is 0 Å². The van der Waals surface area contributed by atoms with E-state index in [2.05, 4.69) is 36.8 Å². The monoisotopic (exact) mass is 663 g/mol. The summed E-state index contributed by atoms with van der Waals surface area (Å²) in [4.78, 5) is 17.0. The Morgan fingerprint density at radius 1 is 0.947 bits per heavy atom. The van der Waals surface area contributed by atoms with E-state index in [9.17, 15) is 17.6 Å². The number of carbonyl (C=O) groups is 1. The average Bonchev–Trinajstić information content (AvgIpc) is 2.91. The van der Waals surface area contributed by atoms with Gasteiger partial charge in [-0.3, -0.25) is 9.69 Å². The van der Waals surface area contributed by atoms with Gasteiger partial charge < -0.3 is 4.90 Å². The van der Waals surface area contributed by atoms with Gasteiger partial charge in [0.1, 0.15) is 10.7 Å². The molecule has 2 aliphatic rings. The van der Waals surface area contributed by atoms with E-state index in [1.54, 1.807) is 4.90 Å². The van der Waals surface area contributed by atoms with E-state index >= 15 is 0 Å². The number of benzene rings is 3. The van der Waals surface area contributed by atoms with E-state index in [1.807, 2.05) is 49.4 Å². The molecule has 2 heterocycles. The fourth-order valence-electron chi connectivity index (χ4n) is 5.14. The molecule has 0 N–H and O–H groups in total. The Balaban J connectivity index is 1.33. The molecule has 0 spiro atoms. The van der Waals surface area contributed by atoms with Gasteiger partial charge in [-0.25, -0.2) is 12.8 Å². The number of sulfonamides is 1. The largest absolute Gasteiger partial charge is 0.331 e. The summed E-state index contributed by atoms with van der Waals surface area (Å²) in [6.45, 7) is 4.68. The van der Waals surface area contributed by atoms with E-state index in [4.69, 9.17) is 0 Å². The van der Waals surface area contributed by atoms with Gasteiger partial charge >= 0.3 is 0 Å². The minimum Gasteiger partial charge on any atom is -0.331 e. The molecular weight excluding hydrogens is 637 g/mol. The Morgan fingerprint density at radius 3 is 2.29 bits per heavy atom. The first kappa shape index (κ1) is 27.5. The molecule has 200 valence electrons. The molecule has 0 radical (unpaired) electrons. The molecule has 1 unspecified atom stereocenters. The number of amides is 1. The topological polar surface area (TPSA) is 60.9 Å². The predicted molar refractivity (Wildman–Crippen MR) is 152 cm³/mol. The first-order valence-electron chi connectivity index (χ1n) is 12.5. The van der Waals surface area contributed by atoms with Gasteiger partial charge in [-0.2, -0.15) is 4.31 Å². The maximum atomic E-state index is 14.9. The van der Waals surface area contributed by atoms with Crippen molar-refractivity contribution in [1.82, 2.24) is 14.1 Å². The lowest BCUT2D eigenvalue weighted by Crippen LogP contribution is -2.48. The Kier molecular flexibility index (Phi) is 8.07. The van der Waals surface area contributed by atoms with Gasteiger partial charge in [0.25, 0.3) is 5.91 Å². The molecule has 3 aromatic carbocycles. The molecule has 0 bridgehead atoms. The van der Waals surface area contributed by atoms with Crippen LogP contribution in [0.2, 0.25) is 0 Å². The highest BCUT2D eigenvalue weighted by molar-refractivity contribution is 9.11. The van der Waals surface area contributed by atoms with Crippen molar-refractivity contribution in [3.8, 4) is 0 Å². The first-order chi connectivity index (χ1) is 18.1. The molecule has 1 saturated heterocycles. The van der Waals surface area contributed by atoms with Gasteiger partial charge in [-0.15, -0.1) is 0 Å². The van der Waals surface area contributed by atoms with Crippen LogP contribution in [-0.2, 0) is 29.5 Å². The minimum absolute atomic E-state index is 0.108. The second-order valence-electron chi connectivity index (χ2n) is 9.78. The SMILES string of the molecule is CC1Cc2c(Br)ccc(Br)c2CN1C(=O)c1ccc(F)c(S(=O)(=O)N2CCN(Cc3ccccc3)CC2)c1. The van der Waals surface area contributed by atoms with Crippen LogP contribution >= 0.6 is 31.9 Å². The second kappa shape index (κ2) is 11.2. The van der Waals surface area contributed by atoms with E-state index in [1.165, 1.54) is 16.4 Å². The maximum Gasteiger partial charge on any atom is 0.254 e. The van der Waals surface area contributed by atoms with Crippen molar-refractivity contribution in [1.29, 1.82) is 0 Å². The van der Waals surface area contributed by atoms with Crippen LogP contribution in [0.3, 0.4) is 0 Å². The molecule has 1 atom stereocenters. The Labute approximate surface area is 239 Å². The highest BCUT2D eigenvalue weighted by Gasteiger charge is 2.34. The number of piperazine rings is 1. The van der Waals surface area contributed by atoms with Crippen molar-refractivity contribution in [3.05, 3.63) is 97.7 Å². The fraction of sp³-hybridized carbons (Fsp3) is 0.321. The normalized spacial score (nSPS) is 18.8. The van der Waals surface area contributed by atoms with Gasteiger partial charge in [-0.1, -0.05) is 62.2 Å². The van der Waals surface area contributed by atoms with Crippen molar-refractivity contribution < 1.29 is 17.6 Å². The van der Waals surface area contributed by atoms with Crippen molar-refractivity contribution in [2.75, 3.05) is 26.2 Å². The van der Waals surface area contributed by atoms with E-state index in [-0.39, 0.29) is 30.6 Å². The van der Waals surface area contributed by atoms with Crippen LogP contribution < -0.4 is 0 Å². The number of halogens is 3. The summed E-state index contributed by atoms with van der Waals surface area (Å²) >= 11 is 7.19. The lowest BCUT2D eigenvalue weighted by atomic mass is 9.94. The predicted octanol–water partition coefficient (Wildman–Crippen LogP) is 5.44. The molecular formula is C28H28Br2FN3O3S. The third kappa shape index (κ3) is 5.47. The summed E-state index contributed by atoms with van der Waals surface area (Å²) in [6.07, 6.45) is 0.653. The molecule has 10 heteroatoms. The Hall–Kier alpha value is -2.11. The van der Waals surface area contributed by atoms with Crippen molar-refractivity contribution >= 4 is 47.8 Å². The van der Waals surface area contributed by atoms with Gasteiger partial charge in [0, 0.05) is 59.8 Å². The molecule has 0 saturated carbocycles. The van der Waals surface area contributed by atoms with E-state index in [0.717, 1.165) is 38.2 Å². The number of hydrogen-bond donors (Lipinski definition) is 0. The molecule has 3 aromatic rings. The number of nitrogens with zero attached hydrogens (tertiary/aromatic N) is 3. The fourth-order valence-corrected chi connectivity index (χ4v) is 7.68. The maximum absolute atomic E-state index is 14.9. The van der Waals surface area contributed by atoms with Gasteiger partial charge in [0.15, 0.2) is 0 Å². The molecule has 38 heavy (non-hydrogen) atoms. The van der Waals surface area contributed by atoms with Crippen LogP contribution in [0.4, 0.5) is 4.39 Å². The van der Waals surface area contributed by atoms with Gasteiger partial charge in [0.2, 0.25) is 10.0 Å². The molecule has 6 nitrogen and oxygen atoms in total. The summed E-state index contributed by atoms with van der Waals surface area (Å²) in [5, 5.41) is 0. The number of hydrogen-bond acceptors (Lipinski definition) is 4. The molecule has 1 fully saturated rings. The van der Waals surface area contributed by atoms with Crippen LogP contribution in [0, 0.1) is 5.82 Å². The zero-order chi connectivity index (χ0) is 27.0. The zero-order valence-electron chi connectivity index (χ0n) is 20.9. The lowest BCUT2D eigenvalue weighted by Gasteiger charge is -2.36. The summed E-state index contributed by atoms with van der Waals surface area (Å²) in [5.74, 6) is -1.17. The molecule has 0 aromatic heterocycles. The first-order valence-corrected chi connectivity index (χ1v) is 15.5. The van der Waals surface area contributed by atoms with Crippen LogP contribution in [0.5, 0.6) is 0 Å². The van der Waals surface area contributed by atoms with Crippen LogP contribution in [0.25, 0.3) is 0 Å². The number of fused-ring (bicyclic) bond motifs is 1.